The third-order valence-corrected chi connectivity index (χ3v) is 5.15. The van der Waals surface area contributed by atoms with Crippen LogP contribution in [0.2, 0.25) is 0 Å². The van der Waals surface area contributed by atoms with E-state index in [-0.39, 0.29) is 16.9 Å². The van der Waals surface area contributed by atoms with Crippen molar-refractivity contribution in [3.05, 3.63) is 90.0 Å². The molecule has 8 heteroatoms. The molecule has 7 nitrogen and oxygen atoms in total. The monoisotopic (exact) mass is 491 g/mol. The molecule has 0 aromatic heterocycles. The van der Waals surface area contributed by atoms with Crippen LogP contribution < -0.4 is 25.4 Å². The SMILES string of the molecule is CCCCNC(=O)c1ccccc1NC(=S)NC(=O)c1ccc(OCCOc2ccccc2)cc1. The van der Waals surface area contributed by atoms with Crippen LogP contribution in [-0.4, -0.2) is 36.7 Å². The van der Waals surface area contributed by atoms with Gasteiger partial charge in [-0.2, -0.15) is 0 Å². The van der Waals surface area contributed by atoms with Gasteiger partial charge in [0, 0.05) is 12.1 Å². The lowest BCUT2D eigenvalue weighted by molar-refractivity contribution is 0.0952. The summed E-state index contributed by atoms with van der Waals surface area (Å²) in [6.45, 7) is 3.44. The number of amides is 2. The number of benzene rings is 3. The van der Waals surface area contributed by atoms with Crippen LogP contribution in [0.1, 0.15) is 40.5 Å². The summed E-state index contributed by atoms with van der Waals surface area (Å²) in [5.74, 6) is 0.848. The van der Waals surface area contributed by atoms with E-state index in [1.807, 2.05) is 30.3 Å². The normalized spacial score (nSPS) is 10.2. The van der Waals surface area contributed by atoms with E-state index in [0.717, 1.165) is 18.6 Å². The summed E-state index contributed by atoms with van der Waals surface area (Å²) < 4.78 is 11.3. The number of ether oxygens (including phenoxy) is 2. The summed E-state index contributed by atoms with van der Waals surface area (Å²) in [5.41, 5.74) is 1.40. The number of carbonyl (C=O) groups is 2. The Kier molecular flexibility index (Phi) is 10.1. The summed E-state index contributed by atoms with van der Waals surface area (Å²) in [4.78, 5) is 25.1. The number of carbonyl (C=O) groups excluding carboxylic acids is 2. The third kappa shape index (κ3) is 8.42. The van der Waals surface area contributed by atoms with E-state index < -0.39 is 0 Å². The zero-order valence-electron chi connectivity index (χ0n) is 19.6. The summed E-state index contributed by atoms with van der Waals surface area (Å²) in [6, 6.07) is 23.2. The topological polar surface area (TPSA) is 88.7 Å². The molecule has 3 aromatic carbocycles. The quantitative estimate of drug-likeness (QED) is 0.264. The van der Waals surface area contributed by atoms with Crippen LogP contribution in [0, 0.1) is 0 Å². The average Bonchev–Trinajstić information content (AvgIpc) is 2.88. The molecule has 3 aromatic rings. The predicted molar refractivity (Wildman–Crippen MR) is 141 cm³/mol. The van der Waals surface area contributed by atoms with E-state index in [1.165, 1.54) is 0 Å². The second-order valence-corrected chi connectivity index (χ2v) is 8.01. The van der Waals surface area contributed by atoms with Gasteiger partial charge in [-0.1, -0.05) is 43.7 Å². The third-order valence-electron chi connectivity index (χ3n) is 4.94. The molecule has 0 fully saturated rings. The summed E-state index contributed by atoms with van der Waals surface area (Å²) >= 11 is 5.29. The molecule has 0 radical (unpaired) electrons. The molecule has 0 aliphatic carbocycles. The maximum atomic E-state index is 12.6. The van der Waals surface area contributed by atoms with Crippen molar-refractivity contribution in [2.24, 2.45) is 0 Å². The van der Waals surface area contributed by atoms with Crippen LogP contribution in [0.15, 0.2) is 78.9 Å². The second-order valence-electron chi connectivity index (χ2n) is 7.60. The minimum atomic E-state index is -0.369. The summed E-state index contributed by atoms with van der Waals surface area (Å²) in [5, 5.41) is 8.57. The number of anilines is 1. The zero-order valence-corrected chi connectivity index (χ0v) is 20.4. The molecule has 0 heterocycles. The van der Waals surface area contributed by atoms with Gasteiger partial charge >= 0.3 is 0 Å². The molecule has 0 aliphatic heterocycles. The molecule has 0 bridgehead atoms. The van der Waals surface area contributed by atoms with Crippen molar-refractivity contribution < 1.29 is 19.1 Å². The first-order valence-electron chi connectivity index (χ1n) is 11.5. The fourth-order valence-electron chi connectivity index (χ4n) is 3.13. The van der Waals surface area contributed by atoms with Crippen LogP contribution in [0.3, 0.4) is 0 Å². The maximum absolute atomic E-state index is 12.6. The highest BCUT2D eigenvalue weighted by molar-refractivity contribution is 7.80. The Bertz CT molecular complexity index is 1120. The van der Waals surface area contributed by atoms with E-state index in [0.29, 0.717) is 42.3 Å². The Morgan fingerprint density at radius 1 is 0.800 bits per heavy atom. The van der Waals surface area contributed by atoms with Crippen LogP contribution in [0.25, 0.3) is 0 Å². The lowest BCUT2D eigenvalue weighted by atomic mass is 10.1. The number of hydrogen-bond donors (Lipinski definition) is 3. The van der Waals surface area contributed by atoms with Crippen molar-refractivity contribution in [3.63, 3.8) is 0 Å². The largest absolute Gasteiger partial charge is 0.490 e. The number of nitrogens with one attached hydrogen (secondary N) is 3. The van der Waals surface area contributed by atoms with Crippen LogP contribution in [0.5, 0.6) is 11.5 Å². The highest BCUT2D eigenvalue weighted by Gasteiger charge is 2.13. The number of hydrogen-bond acceptors (Lipinski definition) is 5. The zero-order chi connectivity index (χ0) is 24.9. The smallest absolute Gasteiger partial charge is 0.257 e. The van der Waals surface area contributed by atoms with Crippen LogP contribution in [0.4, 0.5) is 5.69 Å². The predicted octanol–water partition coefficient (Wildman–Crippen LogP) is 4.80. The Balaban J connectivity index is 1.47. The Morgan fingerprint density at radius 2 is 1.43 bits per heavy atom. The average molecular weight is 492 g/mol. The van der Waals surface area contributed by atoms with Gasteiger partial charge in [0.2, 0.25) is 0 Å². The van der Waals surface area contributed by atoms with Gasteiger partial charge in [0.05, 0.1) is 11.3 Å². The molecule has 0 saturated heterocycles. The number of rotatable bonds is 11. The van der Waals surface area contributed by atoms with E-state index in [1.54, 1.807) is 48.5 Å². The van der Waals surface area contributed by atoms with Gasteiger partial charge in [-0.15, -0.1) is 0 Å². The van der Waals surface area contributed by atoms with Crippen molar-refractivity contribution in [3.8, 4) is 11.5 Å². The maximum Gasteiger partial charge on any atom is 0.257 e. The molecule has 182 valence electrons. The first-order chi connectivity index (χ1) is 17.1. The molecule has 0 spiro atoms. The van der Waals surface area contributed by atoms with Crippen LogP contribution >= 0.6 is 12.2 Å². The minimum absolute atomic E-state index is 0.0993. The highest BCUT2D eigenvalue weighted by Crippen LogP contribution is 2.16. The Morgan fingerprint density at radius 3 is 2.11 bits per heavy atom. The van der Waals surface area contributed by atoms with Gasteiger partial charge < -0.3 is 20.1 Å². The molecule has 0 aliphatic rings. The highest BCUT2D eigenvalue weighted by atomic mass is 32.1. The van der Waals surface area contributed by atoms with Crippen LogP contribution in [-0.2, 0) is 0 Å². The summed E-state index contributed by atoms with van der Waals surface area (Å²) in [6.07, 6.45) is 1.90. The molecule has 2 amide bonds. The molecule has 35 heavy (non-hydrogen) atoms. The fourth-order valence-corrected chi connectivity index (χ4v) is 3.33. The van der Waals surface area contributed by atoms with Crippen molar-refractivity contribution in [1.82, 2.24) is 10.6 Å². The molecule has 0 saturated carbocycles. The molecule has 0 unspecified atom stereocenters. The van der Waals surface area contributed by atoms with Crippen molar-refractivity contribution in [2.75, 3.05) is 25.1 Å². The Labute approximate surface area is 210 Å². The van der Waals surface area contributed by atoms with E-state index >= 15 is 0 Å². The first-order valence-corrected chi connectivity index (χ1v) is 11.9. The van der Waals surface area contributed by atoms with Gasteiger partial charge in [0.25, 0.3) is 11.8 Å². The standard InChI is InChI=1S/C27H29N3O4S/c1-2-3-17-28-26(32)23-11-7-8-12-24(23)29-27(35)30-25(31)20-13-15-22(16-14-20)34-19-18-33-21-9-5-4-6-10-21/h4-16H,2-3,17-19H2,1H3,(H,28,32)(H2,29,30,31,35). The number of unbranched alkanes of at least 4 members (excludes halogenated alkanes) is 1. The van der Waals surface area contributed by atoms with Crippen molar-refractivity contribution in [1.29, 1.82) is 0 Å². The molecule has 3 N–H and O–H groups in total. The van der Waals surface area contributed by atoms with Crippen molar-refractivity contribution >= 4 is 34.8 Å². The van der Waals surface area contributed by atoms with Gasteiger partial charge in [0.15, 0.2) is 5.11 Å². The van der Waals surface area contributed by atoms with Gasteiger partial charge in [-0.05, 0) is 67.2 Å². The first kappa shape index (κ1) is 25.7. The molecule has 3 rings (SSSR count). The Hall–Kier alpha value is -3.91. The number of para-hydroxylation sites is 2. The van der Waals surface area contributed by atoms with E-state index in [4.69, 9.17) is 21.7 Å². The fraction of sp³-hybridized carbons (Fsp3) is 0.222. The van der Waals surface area contributed by atoms with Gasteiger partial charge in [0.1, 0.15) is 24.7 Å². The lowest BCUT2D eigenvalue weighted by Crippen LogP contribution is -2.35. The van der Waals surface area contributed by atoms with E-state index in [2.05, 4.69) is 22.9 Å². The molecular weight excluding hydrogens is 462 g/mol. The van der Waals surface area contributed by atoms with E-state index in [9.17, 15) is 9.59 Å². The molecular formula is C27H29N3O4S. The van der Waals surface area contributed by atoms with Gasteiger partial charge in [-0.3, -0.25) is 14.9 Å². The lowest BCUT2D eigenvalue weighted by Gasteiger charge is -2.14. The number of thiocarbonyl (C=S) groups is 1. The second kappa shape index (κ2) is 13.7. The summed E-state index contributed by atoms with van der Waals surface area (Å²) in [7, 11) is 0. The molecule has 0 atom stereocenters. The van der Waals surface area contributed by atoms with Crippen molar-refractivity contribution in [2.45, 2.75) is 19.8 Å². The van der Waals surface area contributed by atoms with Gasteiger partial charge in [-0.25, -0.2) is 0 Å². The minimum Gasteiger partial charge on any atom is -0.490 e.